The molecule has 0 bridgehead atoms. The number of rotatable bonds is 8. The molecule has 152 valence electrons. The number of methoxy groups -OCH3 is 3. The Morgan fingerprint density at radius 3 is 2.24 bits per heavy atom. The highest BCUT2D eigenvalue weighted by atomic mass is 32.1. The molecule has 7 heteroatoms. The lowest BCUT2D eigenvalue weighted by Crippen LogP contribution is -1.98. The molecule has 0 saturated heterocycles. The maximum atomic E-state index is 11.8. The molecule has 0 atom stereocenters. The summed E-state index contributed by atoms with van der Waals surface area (Å²) < 4.78 is 28.1. The van der Waals surface area contributed by atoms with Crippen molar-refractivity contribution in [2.45, 2.75) is 6.92 Å². The molecular formula is C22H22O6S. The third kappa shape index (κ3) is 4.63. The quantitative estimate of drug-likeness (QED) is 0.368. The topological polar surface area (TPSA) is 63.2 Å². The fraction of sp³-hybridized carbons (Fsp3) is 0.227. The largest absolute Gasteiger partial charge is 0.497 e. The van der Waals surface area contributed by atoms with E-state index >= 15 is 0 Å². The standard InChI is InChI=1S/C22H22O6S/c1-5-27-21(23)11-10-19-22(28-15-8-6-14(24-2)7-9-15)16-12-17(25-3)18(26-4)13-20(16)29-19/h6-13H,5H2,1-4H3. The average molecular weight is 414 g/mol. The Hall–Kier alpha value is -3.19. The molecule has 0 amide bonds. The van der Waals surface area contributed by atoms with Gasteiger partial charge in [-0.25, -0.2) is 4.79 Å². The molecule has 6 nitrogen and oxygen atoms in total. The predicted molar refractivity (Wildman–Crippen MR) is 114 cm³/mol. The van der Waals surface area contributed by atoms with Gasteiger partial charge in [0.2, 0.25) is 0 Å². The first-order chi connectivity index (χ1) is 14.1. The zero-order valence-corrected chi connectivity index (χ0v) is 17.5. The van der Waals surface area contributed by atoms with E-state index in [4.69, 9.17) is 23.7 Å². The van der Waals surface area contributed by atoms with E-state index in [9.17, 15) is 4.79 Å². The number of fused-ring (bicyclic) bond motifs is 1. The van der Waals surface area contributed by atoms with Gasteiger partial charge >= 0.3 is 5.97 Å². The molecule has 29 heavy (non-hydrogen) atoms. The van der Waals surface area contributed by atoms with Gasteiger partial charge in [-0.1, -0.05) is 0 Å². The van der Waals surface area contributed by atoms with Crippen molar-refractivity contribution >= 4 is 33.5 Å². The van der Waals surface area contributed by atoms with E-state index < -0.39 is 5.97 Å². The monoisotopic (exact) mass is 414 g/mol. The summed E-state index contributed by atoms with van der Waals surface area (Å²) in [6, 6.07) is 11.0. The van der Waals surface area contributed by atoms with Crippen LogP contribution in [0.2, 0.25) is 0 Å². The number of thiophene rings is 1. The Kier molecular flexibility index (Phi) is 6.61. The highest BCUT2D eigenvalue weighted by molar-refractivity contribution is 7.20. The Morgan fingerprint density at radius 2 is 1.62 bits per heavy atom. The Morgan fingerprint density at radius 1 is 0.966 bits per heavy atom. The van der Waals surface area contributed by atoms with Gasteiger partial charge in [0, 0.05) is 22.2 Å². The molecule has 2 aromatic carbocycles. The van der Waals surface area contributed by atoms with Crippen LogP contribution in [0.15, 0.2) is 42.5 Å². The van der Waals surface area contributed by atoms with Gasteiger partial charge in [-0.05, 0) is 43.3 Å². The summed E-state index contributed by atoms with van der Waals surface area (Å²) in [4.78, 5) is 12.6. The first kappa shape index (κ1) is 20.5. The fourth-order valence-corrected chi connectivity index (χ4v) is 3.78. The Balaban J connectivity index is 2.08. The zero-order chi connectivity index (χ0) is 20.8. The Labute approximate surface area is 173 Å². The van der Waals surface area contributed by atoms with E-state index in [-0.39, 0.29) is 0 Å². The van der Waals surface area contributed by atoms with Crippen molar-refractivity contribution in [2.24, 2.45) is 0 Å². The maximum absolute atomic E-state index is 11.8. The normalized spacial score (nSPS) is 10.9. The molecule has 0 saturated carbocycles. The molecule has 3 aromatic rings. The summed E-state index contributed by atoms with van der Waals surface area (Å²) >= 11 is 1.48. The Bertz CT molecular complexity index is 1020. The summed E-state index contributed by atoms with van der Waals surface area (Å²) in [5.41, 5.74) is 0. The van der Waals surface area contributed by atoms with Crippen LogP contribution in [0.1, 0.15) is 11.8 Å². The van der Waals surface area contributed by atoms with Crippen molar-refractivity contribution in [3.05, 3.63) is 47.4 Å². The van der Waals surface area contributed by atoms with Gasteiger partial charge in [0.25, 0.3) is 0 Å². The van der Waals surface area contributed by atoms with Gasteiger partial charge in [0.05, 0.1) is 32.8 Å². The lowest BCUT2D eigenvalue weighted by Gasteiger charge is -2.10. The van der Waals surface area contributed by atoms with Crippen LogP contribution in [0.4, 0.5) is 0 Å². The van der Waals surface area contributed by atoms with Gasteiger partial charge in [-0.3, -0.25) is 0 Å². The highest BCUT2D eigenvalue weighted by Crippen LogP contribution is 2.45. The molecule has 0 aliphatic carbocycles. The lowest BCUT2D eigenvalue weighted by atomic mass is 10.2. The molecule has 0 aliphatic rings. The molecular weight excluding hydrogens is 392 g/mol. The molecule has 0 fully saturated rings. The van der Waals surface area contributed by atoms with Crippen molar-refractivity contribution in [3.8, 4) is 28.7 Å². The number of hydrogen-bond donors (Lipinski definition) is 0. The minimum atomic E-state index is -0.407. The van der Waals surface area contributed by atoms with Crippen molar-refractivity contribution in [3.63, 3.8) is 0 Å². The van der Waals surface area contributed by atoms with E-state index in [1.54, 1.807) is 34.3 Å². The third-order valence-electron chi connectivity index (χ3n) is 4.11. The number of hydrogen-bond acceptors (Lipinski definition) is 7. The number of benzene rings is 2. The van der Waals surface area contributed by atoms with Crippen molar-refractivity contribution in [2.75, 3.05) is 27.9 Å². The van der Waals surface area contributed by atoms with Crippen LogP contribution < -0.4 is 18.9 Å². The number of ether oxygens (including phenoxy) is 5. The highest BCUT2D eigenvalue weighted by Gasteiger charge is 2.17. The van der Waals surface area contributed by atoms with Crippen LogP contribution in [0.25, 0.3) is 16.2 Å². The van der Waals surface area contributed by atoms with Gasteiger partial charge in [-0.2, -0.15) is 0 Å². The van der Waals surface area contributed by atoms with Gasteiger partial charge in [-0.15, -0.1) is 11.3 Å². The van der Waals surface area contributed by atoms with Crippen LogP contribution in [0.5, 0.6) is 28.7 Å². The summed E-state index contributed by atoms with van der Waals surface area (Å²) in [5.74, 6) is 2.82. The average Bonchev–Trinajstić information content (AvgIpc) is 3.08. The third-order valence-corrected chi connectivity index (χ3v) is 5.21. The number of carbonyl (C=O) groups is 1. The smallest absolute Gasteiger partial charge is 0.330 e. The summed E-state index contributed by atoms with van der Waals surface area (Å²) in [6.07, 6.45) is 3.09. The second kappa shape index (κ2) is 9.34. The van der Waals surface area contributed by atoms with Crippen LogP contribution in [0.3, 0.4) is 0 Å². The maximum Gasteiger partial charge on any atom is 0.330 e. The molecule has 0 unspecified atom stereocenters. The van der Waals surface area contributed by atoms with Gasteiger partial charge in [0.15, 0.2) is 17.2 Å². The second-order valence-corrected chi connectivity index (χ2v) is 6.95. The molecule has 0 spiro atoms. The fourth-order valence-electron chi connectivity index (χ4n) is 2.73. The van der Waals surface area contributed by atoms with Gasteiger partial charge < -0.3 is 23.7 Å². The van der Waals surface area contributed by atoms with Crippen LogP contribution in [-0.4, -0.2) is 33.9 Å². The molecule has 1 heterocycles. The molecule has 0 aliphatic heterocycles. The minimum absolute atomic E-state index is 0.319. The van der Waals surface area contributed by atoms with E-state index in [0.29, 0.717) is 29.6 Å². The summed E-state index contributed by atoms with van der Waals surface area (Å²) in [7, 11) is 4.79. The molecule has 1 aromatic heterocycles. The van der Waals surface area contributed by atoms with Crippen molar-refractivity contribution in [1.29, 1.82) is 0 Å². The van der Waals surface area contributed by atoms with E-state index in [2.05, 4.69) is 0 Å². The number of carbonyl (C=O) groups excluding carboxylic acids is 1. The predicted octanol–water partition coefficient (Wildman–Crippen LogP) is 5.30. The molecule has 3 rings (SSSR count). The van der Waals surface area contributed by atoms with Crippen LogP contribution >= 0.6 is 11.3 Å². The van der Waals surface area contributed by atoms with Crippen molar-refractivity contribution < 1.29 is 28.5 Å². The second-order valence-electron chi connectivity index (χ2n) is 5.86. The van der Waals surface area contributed by atoms with E-state index in [1.807, 2.05) is 36.4 Å². The van der Waals surface area contributed by atoms with Crippen LogP contribution in [-0.2, 0) is 9.53 Å². The van der Waals surface area contributed by atoms with Crippen molar-refractivity contribution in [1.82, 2.24) is 0 Å². The zero-order valence-electron chi connectivity index (χ0n) is 16.7. The SMILES string of the molecule is CCOC(=O)C=Cc1sc2cc(OC)c(OC)cc2c1Oc1ccc(OC)cc1. The molecule has 0 N–H and O–H groups in total. The summed E-state index contributed by atoms with van der Waals surface area (Å²) in [6.45, 7) is 2.08. The lowest BCUT2D eigenvalue weighted by molar-refractivity contribution is -0.137. The van der Waals surface area contributed by atoms with E-state index in [0.717, 1.165) is 20.7 Å². The van der Waals surface area contributed by atoms with Crippen LogP contribution in [0, 0.1) is 0 Å². The first-order valence-electron chi connectivity index (χ1n) is 8.94. The molecule has 0 radical (unpaired) electrons. The van der Waals surface area contributed by atoms with Gasteiger partial charge in [0.1, 0.15) is 11.5 Å². The van der Waals surface area contributed by atoms with E-state index in [1.165, 1.54) is 17.4 Å². The first-order valence-corrected chi connectivity index (χ1v) is 9.76. The number of esters is 1. The summed E-state index contributed by atoms with van der Waals surface area (Å²) in [5, 5.41) is 0.854. The minimum Gasteiger partial charge on any atom is -0.497 e.